The lowest BCUT2D eigenvalue weighted by molar-refractivity contribution is 0.374. The number of hydrogen-bond acceptors (Lipinski definition) is 6. The molecule has 0 unspecified atom stereocenters. The lowest BCUT2D eigenvalue weighted by Crippen LogP contribution is -1.89. The Labute approximate surface area is 154 Å². The zero-order valence-electron chi connectivity index (χ0n) is 14.2. The van der Waals surface area contributed by atoms with Crippen molar-refractivity contribution in [1.29, 1.82) is 0 Å². The monoisotopic (exact) mass is 366 g/mol. The molecule has 0 fully saturated rings. The zero-order chi connectivity index (χ0) is 18.1. The first-order chi connectivity index (χ1) is 12.6. The van der Waals surface area contributed by atoms with E-state index in [0.717, 1.165) is 11.1 Å². The summed E-state index contributed by atoms with van der Waals surface area (Å²) < 4.78 is 11.0. The number of aryl methyl sites for hydroxylation is 2. The predicted octanol–water partition coefficient (Wildman–Crippen LogP) is 4.65. The van der Waals surface area contributed by atoms with Crippen molar-refractivity contribution in [3.63, 3.8) is 0 Å². The predicted molar refractivity (Wildman–Crippen MR) is 96.8 cm³/mol. The summed E-state index contributed by atoms with van der Waals surface area (Å²) in [7, 11) is 0. The summed E-state index contributed by atoms with van der Waals surface area (Å²) in [5.74, 6) is 1.75. The normalized spacial score (nSPS) is 11.0. The molecule has 4 aromatic rings. The van der Waals surface area contributed by atoms with Gasteiger partial charge in [-0.25, -0.2) is 0 Å². The van der Waals surface area contributed by atoms with Gasteiger partial charge in [0.15, 0.2) is 0 Å². The van der Waals surface area contributed by atoms with E-state index in [4.69, 9.17) is 20.5 Å². The second-order valence-electron chi connectivity index (χ2n) is 6.00. The average molecular weight is 367 g/mol. The first-order valence-electron chi connectivity index (χ1n) is 8.07. The van der Waals surface area contributed by atoms with Crippen LogP contribution in [0.25, 0.3) is 22.8 Å². The molecule has 26 heavy (non-hydrogen) atoms. The van der Waals surface area contributed by atoms with E-state index in [1.807, 2.05) is 30.3 Å². The minimum atomic E-state index is 0.269. The van der Waals surface area contributed by atoms with Gasteiger partial charge < -0.3 is 8.94 Å². The van der Waals surface area contributed by atoms with E-state index < -0.39 is 0 Å². The Kier molecular flexibility index (Phi) is 4.26. The molecular formula is C19H15ClN4O2. The fourth-order valence-corrected chi connectivity index (χ4v) is 2.71. The second-order valence-corrected chi connectivity index (χ2v) is 6.44. The third-order valence-electron chi connectivity index (χ3n) is 4.07. The Hall–Kier alpha value is -2.99. The number of hydrogen-bond donors (Lipinski definition) is 0. The third kappa shape index (κ3) is 3.36. The second kappa shape index (κ2) is 6.72. The van der Waals surface area contributed by atoms with Crippen molar-refractivity contribution < 1.29 is 8.94 Å². The zero-order valence-corrected chi connectivity index (χ0v) is 15.0. The molecule has 0 aliphatic rings. The topological polar surface area (TPSA) is 77.8 Å². The molecule has 0 amide bonds. The fourth-order valence-electron chi connectivity index (χ4n) is 2.52. The minimum absolute atomic E-state index is 0.269. The van der Waals surface area contributed by atoms with E-state index in [-0.39, 0.29) is 6.42 Å². The lowest BCUT2D eigenvalue weighted by atomic mass is 10.1. The van der Waals surface area contributed by atoms with Gasteiger partial charge in [-0.15, -0.1) is 10.2 Å². The van der Waals surface area contributed by atoms with Gasteiger partial charge in [-0.1, -0.05) is 35.0 Å². The van der Waals surface area contributed by atoms with Crippen molar-refractivity contribution in [3.05, 3.63) is 70.4 Å². The molecule has 2 aromatic heterocycles. The van der Waals surface area contributed by atoms with Crippen LogP contribution in [0.5, 0.6) is 0 Å². The molecule has 0 aliphatic carbocycles. The maximum Gasteiger partial charge on any atom is 0.247 e. The molecule has 6 nitrogen and oxygen atoms in total. The van der Waals surface area contributed by atoms with Gasteiger partial charge in [0.25, 0.3) is 0 Å². The number of rotatable bonds is 4. The molecule has 0 saturated carbocycles. The van der Waals surface area contributed by atoms with E-state index in [2.05, 4.69) is 34.2 Å². The summed E-state index contributed by atoms with van der Waals surface area (Å²) in [6.07, 6.45) is 0.269. The Balaban J connectivity index is 1.53. The van der Waals surface area contributed by atoms with Gasteiger partial charge in [0.1, 0.15) is 6.42 Å². The van der Waals surface area contributed by atoms with Gasteiger partial charge in [0, 0.05) is 16.1 Å². The molecule has 2 heterocycles. The summed E-state index contributed by atoms with van der Waals surface area (Å²) in [6, 6.07) is 13.3. The average Bonchev–Trinajstić information content (AvgIpc) is 3.28. The van der Waals surface area contributed by atoms with Gasteiger partial charge in [0.05, 0.1) is 0 Å². The highest BCUT2D eigenvalue weighted by Gasteiger charge is 2.15. The molecule has 4 rings (SSSR count). The van der Waals surface area contributed by atoms with E-state index in [0.29, 0.717) is 28.5 Å². The molecule has 0 saturated heterocycles. The maximum atomic E-state index is 5.99. The molecule has 0 bridgehead atoms. The highest BCUT2D eigenvalue weighted by atomic mass is 35.5. The van der Waals surface area contributed by atoms with Crippen LogP contribution < -0.4 is 0 Å². The molecule has 0 spiro atoms. The van der Waals surface area contributed by atoms with Crippen molar-refractivity contribution in [2.24, 2.45) is 0 Å². The Morgan fingerprint density at radius 3 is 2.62 bits per heavy atom. The summed E-state index contributed by atoms with van der Waals surface area (Å²) >= 11 is 5.99. The van der Waals surface area contributed by atoms with Gasteiger partial charge in [-0.3, -0.25) is 0 Å². The third-order valence-corrected chi connectivity index (χ3v) is 4.31. The van der Waals surface area contributed by atoms with Crippen LogP contribution in [-0.2, 0) is 6.42 Å². The van der Waals surface area contributed by atoms with Crippen LogP contribution in [0.1, 0.15) is 22.9 Å². The number of benzene rings is 2. The molecule has 0 N–H and O–H groups in total. The van der Waals surface area contributed by atoms with Crippen molar-refractivity contribution in [2.75, 3.05) is 0 Å². The molecule has 0 atom stereocenters. The summed E-state index contributed by atoms with van der Waals surface area (Å²) in [4.78, 5) is 4.42. The van der Waals surface area contributed by atoms with E-state index >= 15 is 0 Å². The van der Waals surface area contributed by atoms with Gasteiger partial charge in [-0.2, -0.15) is 4.98 Å². The highest BCUT2D eigenvalue weighted by molar-refractivity contribution is 6.30. The molecular weight excluding hydrogens is 352 g/mol. The van der Waals surface area contributed by atoms with Gasteiger partial charge in [-0.05, 0) is 49.2 Å². The lowest BCUT2D eigenvalue weighted by Gasteiger charge is -2.00. The first-order valence-corrected chi connectivity index (χ1v) is 8.45. The smallest absolute Gasteiger partial charge is 0.247 e. The Bertz CT molecular complexity index is 1070. The molecule has 2 aromatic carbocycles. The molecule has 0 radical (unpaired) electrons. The van der Waals surface area contributed by atoms with Crippen molar-refractivity contribution in [3.8, 4) is 22.8 Å². The van der Waals surface area contributed by atoms with Crippen molar-refractivity contribution >= 4 is 11.6 Å². The maximum absolute atomic E-state index is 5.99. The minimum Gasteiger partial charge on any atom is -0.420 e. The van der Waals surface area contributed by atoms with Crippen LogP contribution in [0.4, 0.5) is 0 Å². The van der Waals surface area contributed by atoms with E-state index in [9.17, 15) is 0 Å². The van der Waals surface area contributed by atoms with Crippen LogP contribution in [0.2, 0.25) is 5.02 Å². The standard InChI is InChI=1S/C19H15ClN4O2/c1-11-6-7-13(8-12(11)2)18-21-16(26-24-18)10-17-22-23-19(25-17)14-4-3-5-15(20)9-14/h3-9H,10H2,1-2H3. The van der Waals surface area contributed by atoms with Crippen LogP contribution in [0.3, 0.4) is 0 Å². The van der Waals surface area contributed by atoms with Crippen molar-refractivity contribution in [2.45, 2.75) is 20.3 Å². The number of halogens is 1. The van der Waals surface area contributed by atoms with Crippen LogP contribution >= 0.6 is 11.6 Å². The summed E-state index contributed by atoms with van der Waals surface area (Å²) in [5, 5.41) is 12.7. The first kappa shape index (κ1) is 16.5. The van der Waals surface area contributed by atoms with Crippen LogP contribution in [-0.4, -0.2) is 20.3 Å². The summed E-state index contributed by atoms with van der Waals surface area (Å²) in [6.45, 7) is 4.11. The molecule has 130 valence electrons. The highest BCUT2D eigenvalue weighted by Crippen LogP contribution is 2.23. The quantitative estimate of drug-likeness (QED) is 0.523. The largest absolute Gasteiger partial charge is 0.420 e. The SMILES string of the molecule is Cc1ccc(-c2noc(Cc3nnc(-c4cccc(Cl)c4)o3)n2)cc1C. The van der Waals surface area contributed by atoms with Gasteiger partial charge in [0.2, 0.25) is 23.5 Å². The van der Waals surface area contributed by atoms with Crippen LogP contribution in [0.15, 0.2) is 51.4 Å². The van der Waals surface area contributed by atoms with Crippen LogP contribution in [0, 0.1) is 13.8 Å². The summed E-state index contributed by atoms with van der Waals surface area (Å²) in [5.41, 5.74) is 4.07. The van der Waals surface area contributed by atoms with E-state index in [1.165, 1.54) is 11.1 Å². The van der Waals surface area contributed by atoms with Gasteiger partial charge >= 0.3 is 0 Å². The Morgan fingerprint density at radius 1 is 0.923 bits per heavy atom. The molecule has 0 aliphatic heterocycles. The van der Waals surface area contributed by atoms with E-state index in [1.54, 1.807) is 12.1 Å². The Morgan fingerprint density at radius 2 is 1.81 bits per heavy atom. The van der Waals surface area contributed by atoms with Crippen molar-refractivity contribution in [1.82, 2.24) is 20.3 Å². The fraction of sp³-hybridized carbons (Fsp3) is 0.158. The number of aromatic nitrogens is 4. The number of nitrogens with zero attached hydrogens (tertiary/aromatic N) is 4. The molecule has 7 heteroatoms.